The van der Waals surface area contributed by atoms with Crippen LogP contribution >= 0.6 is 0 Å². The van der Waals surface area contributed by atoms with Gasteiger partial charge in [0.15, 0.2) is 6.61 Å². The Bertz CT molecular complexity index is 859. The highest BCUT2D eigenvalue weighted by Crippen LogP contribution is 2.19. The number of anilines is 1. The zero-order valence-corrected chi connectivity index (χ0v) is 16.5. The Kier molecular flexibility index (Phi) is 7.99. The number of nitrogens with one attached hydrogen (secondary N) is 2. The SMILES string of the molecule is CCc1cc(CNC(=O)c2cccnc2NC(=O)C(C)C)cnc1OCC(F)F. The van der Waals surface area contributed by atoms with Gasteiger partial charge in [-0.15, -0.1) is 0 Å². The first-order chi connectivity index (χ1) is 13.8. The largest absolute Gasteiger partial charge is 0.471 e. The molecule has 2 rings (SSSR count). The van der Waals surface area contributed by atoms with Crippen LogP contribution < -0.4 is 15.4 Å². The van der Waals surface area contributed by atoms with Gasteiger partial charge in [0.2, 0.25) is 11.8 Å². The Labute approximate surface area is 167 Å². The molecule has 0 saturated heterocycles. The van der Waals surface area contributed by atoms with Crippen molar-refractivity contribution in [3.8, 4) is 5.88 Å². The number of ether oxygens (including phenoxy) is 1. The minimum atomic E-state index is -2.58. The number of pyridine rings is 2. The van der Waals surface area contributed by atoms with Crippen LogP contribution in [0.1, 0.15) is 42.3 Å². The Hall–Kier alpha value is -3.10. The number of carbonyl (C=O) groups excluding carboxylic acids is 2. The molecule has 0 aliphatic carbocycles. The fourth-order valence-electron chi connectivity index (χ4n) is 2.40. The van der Waals surface area contributed by atoms with E-state index < -0.39 is 18.9 Å². The summed E-state index contributed by atoms with van der Waals surface area (Å²) in [5.74, 6) is -0.556. The van der Waals surface area contributed by atoms with Gasteiger partial charge in [-0.05, 0) is 30.2 Å². The van der Waals surface area contributed by atoms with Crippen LogP contribution in [0.2, 0.25) is 0 Å². The molecule has 2 aromatic heterocycles. The van der Waals surface area contributed by atoms with E-state index in [2.05, 4.69) is 20.6 Å². The van der Waals surface area contributed by atoms with Crippen molar-refractivity contribution in [2.24, 2.45) is 5.92 Å². The molecule has 0 aromatic carbocycles. The van der Waals surface area contributed by atoms with Gasteiger partial charge in [-0.2, -0.15) is 0 Å². The van der Waals surface area contributed by atoms with E-state index in [9.17, 15) is 18.4 Å². The highest BCUT2D eigenvalue weighted by molar-refractivity contribution is 6.02. The predicted molar refractivity (Wildman–Crippen MR) is 104 cm³/mol. The number of hydrogen-bond donors (Lipinski definition) is 2. The minimum Gasteiger partial charge on any atom is -0.471 e. The molecule has 2 N–H and O–H groups in total. The van der Waals surface area contributed by atoms with Gasteiger partial charge in [0.25, 0.3) is 12.3 Å². The lowest BCUT2D eigenvalue weighted by molar-refractivity contribution is -0.118. The van der Waals surface area contributed by atoms with Crippen LogP contribution in [0.15, 0.2) is 30.6 Å². The first kappa shape index (κ1) is 22.2. The maximum Gasteiger partial charge on any atom is 0.272 e. The van der Waals surface area contributed by atoms with Crippen LogP contribution in [0.4, 0.5) is 14.6 Å². The third-order valence-electron chi connectivity index (χ3n) is 3.98. The van der Waals surface area contributed by atoms with E-state index in [4.69, 9.17) is 4.74 Å². The summed E-state index contributed by atoms with van der Waals surface area (Å²) in [4.78, 5) is 32.6. The standard InChI is InChI=1S/C20H24F2N4O3/c1-4-14-8-13(10-25-20(14)29-11-16(21)22)9-24-19(28)15-6-5-7-23-17(15)26-18(27)12(2)3/h5-8,10,12,16H,4,9,11H2,1-3H3,(H,24,28)(H,23,26,27). The molecule has 7 nitrogen and oxygen atoms in total. The van der Waals surface area contributed by atoms with Crippen molar-refractivity contribution < 1.29 is 23.1 Å². The number of alkyl halides is 2. The van der Waals surface area contributed by atoms with E-state index in [1.165, 1.54) is 12.4 Å². The Morgan fingerprint density at radius 1 is 1.24 bits per heavy atom. The first-order valence-corrected chi connectivity index (χ1v) is 9.24. The van der Waals surface area contributed by atoms with Crippen molar-refractivity contribution in [3.05, 3.63) is 47.3 Å². The molecule has 29 heavy (non-hydrogen) atoms. The van der Waals surface area contributed by atoms with E-state index in [-0.39, 0.29) is 35.6 Å². The van der Waals surface area contributed by atoms with E-state index in [1.54, 1.807) is 32.0 Å². The molecule has 2 aromatic rings. The average molecular weight is 406 g/mol. The molecule has 0 aliphatic rings. The number of carbonyl (C=O) groups is 2. The summed E-state index contributed by atoms with van der Waals surface area (Å²) in [5.41, 5.74) is 1.60. The number of aromatic nitrogens is 2. The van der Waals surface area contributed by atoms with Gasteiger partial charge in [-0.25, -0.2) is 18.7 Å². The monoisotopic (exact) mass is 406 g/mol. The van der Waals surface area contributed by atoms with Crippen LogP contribution in [0.25, 0.3) is 0 Å². The summed E-state index contributed by atoms with van der Waals surface area (Å²) in [5, 5.41) is 5.38. The van der Waals surface area contributed by atoms with Crippen LogP contribution in [-0.4, -0.2) is 34.8 Å². The van der Waals surface area contributed by atoms with Crippen molar-refractivity contribution in [2.75, 3.05) is 11.9 Å². The topological polar surface area (TPSA) is 93.2 Å². The number of halogens is 2. The van der Waals surface area contributed by atoms with Crippen LogP contribution in [0.5, 0.6) is 5.88 Å². The highest BCUT2D eigenvalue weighted by Gasteiger charge is 2.16. The first-order valence-electron chi connectivity index (χ1n) is 9.24. The van der Waals surface area contributed by atoms with E-state index in [0.717, 1.165) is 0 Å². The predicted octanol–water partition coefficient (Wildman–Crippen LogP) is 3.21. The van der Waals surface area contributed by atoms with Crippen molar-refractivity contribution in [1.29, 1.82) is 0 Å². The molecular formula is C20H24F2N4O3. The van der Waals surface area contributed by atoms with Gasteiger partial charge >= 0.3 is 0 Å². The molecule has 0 bridgehead atoms. The van der Waals surface area contributed by atoms with Crippen LogP contribution in [0.3, 0.4) is 0 Å². The number of hydrogen-bond acceptors (Lipinski definition) is 5. The third kappa shape index (κ3) is 6.48. The Balaban J connectivity index is 2.07. The van der Waals surface area contributed by atoms with E-state index >= 15 is 0 Å². The van der Waals surface area contributed by atoms with Crippen LogP contribution in [-0.2, 0) is 17.8 Å². The van der Waals surface area contributed by atoms with Crippen molar-refractivity contribution in [3.63, 3.8) is 0 Å². The summed E-state index contributed by atoms with van der Waals surface area (Å²) in [6.07, 6.45) is 0.916. The Morgan fingerprint density at radius 3 is 2.66 bits per heavy atom. The smallest absolute Gasteiger partial charge is 0.272 e. The van der Waals surface area contributed by atoms with Gasteiger partial charge in [-0.1, -0.05) is 20.8 Å². The van der Waals surface area contributed by atoms with Crippen molar-refractivity contribution >= 4 is 17.6 Å². The summed E-state index contributed by atoms with van der Waals surface area (Å²) in [6, 6.07) is 4.92. The summed E-state index contributed by atoms with van der Waals surface area (Å²) in [6.45, 7) is 4.78. The number of nitrogens with zero attached hydrogens (tertiary/aromatic N) is 2. The molecule has 0 unspecified atom stereocenters. The molecule has 0 spiro atoms. The highest BCUT2D eigenvalue weighted by atomic mass is 19.3. The molecule has 0 aliphatic heterocycles. The molecular weight excluding hydrogens is 382 g/mol. The van der Waals surface area contributed by atoms with Gasteiger partial charge in [-0.3, -0.25) is 9.59 Å². The lowest BCUT2D eigenvalue weighted by Gasteiger charge is -2.13. The lowest BCUT2D eigenvalue weighted by atomic mass is 10.1. The van der Waals surface area contributed by atoms with Gasteiger partial charge in [0.05, 0.1) is 5.56 Å². The molecule has 0 radical (unpaired) electrons. The molecule has 0 saturated carbocycles. The fourth-order valence-corrected chi connectivity index (χ4v) is 2.40. The summed E-state index contributed by atoms with van der Waals surface area (Å²) < 4.78 is 29.7. The summed E-state index contributed by atoms with van der Waals surface area (Å²) in [7, 11) is 0. The minimum absolute atomic E-state index is 0.161. The Morgan fingerprint density at radius 2 is 2.00 bits per heavy atom. The lowest BCUT2D eigenvalue weighted by Crippen LogP contribution is -2.26. The maximum atomic E-state index is 12.6. The molecule has 0 atom stereocenters. The molecule has 156 valence electrons. The molecule has 2 heterocycles. The number of amides is 2. The van der Waals surface area contributed by atoms with E-state index in [0.29, 0.717) is 17.5 Å². The number of rotatable bonds is 9. The molecule has 0 fully saturated rings. The molecule has 9 heteroatoms. The fraction of sp³-hybridized carbons (Fsp3) is 0.400. The second-order valence-electron chi connectivity index (χ2n) is 6.59. The van der Waals surface area contributed by atoms with Crippen molar-refractivity contribution in [1.82, 2.24) is 15.3 Å². The third-order valence-corrected chi connectivity index (χ3v) is 3.98. The number of aryl methyl sites for hydroxylation is 1. The molecule has 2 amide bonds. The van der Waals surface area contributed by atoms with Crippen LogP contribution in [0, 0.1) is 5.92 Å². The van der Waals surface area contributed by atoms with E-state index in [1.807, 2.05) is 6.92 Å². The normalized spacial score (nSPS) is 10.9. The summed E-state index contributed by atoms with van der Waals surface area (Å²) >= 11 is 0. The zero-order chi connectivity index (χ0) is 21.4. The van der Waals surface area contributed by atoms with Gasteiger partial charge in [0, 0.05) is 30.4 Å². The second kappa shape index (κ2) is 10.4. The van der Waals surface area contributed by atoms with Gasteiger partial charge < -0.3 is 15.4 Å². The second-order valence-corrected chi connectivity index (χ2v) is 6.59. The average Bonchev–Trinajstić information content (AvgIpc) is 2.70. The van der Waals surface area contributed by atoms with Crippen molar-refractivity contribution in [2.45, 2.75) is 40.2 Å². The van der Waals surface area contributed by atoms with Gasteiger partial charge in [0.1, 0.15) is 5.82 Å². The zero-order valence-electron chi connectivity index (χ0n) is 16.5. The quantitative estimate of drug-likeness (QED) is 0.667. The maximum absolute atomic E-state index is 12.6.